The first-order chi connectivity index (χ1) is 5.11. The van der Waals surface area contributed by atoms with E-state index in [9.17, 15) is 9.60 Å². The van der Waals surface area contributed by atoms with Gasteiger partial charge in [-0.25, -0.2) is 9.60 Å². The zero-order valence-electron chi connectivity index (χ0n) is 5.34. The average molecular weight is 222 g/mol. The van der Waals surface area contributed by atoms with Crippen molar-refractivity contribution in [3.63, 3.8) is 0 Å². The summed E-state index contributed by atoms with van der Waals surface area (Å²) in [5, 5.41) is 17.7. The van der Waals surface area contributed by atoms with E-state index in [1.54, 1.807) is 0 Å². The highest BCUT2D eigenvalue weighted by Gasteiger charge is 2.03. The third kappa shape index (κ3) is 1.97. The van der Waals surface area contributed by atoms with Crippen LogP contribution in [0.15, 0.2) is 22.7 Å². The van der Waals surface area contributed by atoms with Crippen LogP contribution in [-0.2, 0) is 0 Å². The molecule has 0 aliphatic carbocycles. The van der Waals surface area contributed by atoms with E-state index in [1.165, 1.54) is 12.1 Å². The summed E-state index contributed by atoms with van der Waals surface area (Å²) >= 11 is 2.88. The first-order valence-electron chi connectivity index (χ1n) is 2.79. The zero-order valence-corrected chi connectivity index (χ0v) is 6.93. The van der Waals surface area contributed by atoms with Gasteiger partial charge < -0.3 is 5.21 Å². The Morgan fingerprint density at radius 3 is 2.64 bits per heavy atom. The maximum absolute atomic E-state index is 12.5. The lowest BCUT2D eigenvalue weighted by Crippen LogP contribution is -2.99. The Labute approximate surface area is 70.7 Å². The molecule has 0 bridgehead atoms. The van der Waals surface area contributed by atoms with Gasteiger partial charge in [0.2, 0.25) is 0 Å². The molecule has 11 heavy (non-hydrogen) atoms. The van der Waals surface area contributed by atoms with E-state index in [-0.39, 0.29) is 10.2 Å². The van der Waals surface area contributed by atoms with E-state index in [2.05, 4.69) is 15.9 Å². The maximum atomic E-state index is 12.5. The van der Waals surface area contributed by atoms with Crippen LogP contribution in [-0.4, -0.2) is 5.21 Å². The highest BCUT2D eigenvalue weighted by molar-refractivity contribution is 9.10. The third-order valence-electron chi connectivity index (χ3n) is 1.17. The molecule has 60 valence electrons. The van der Waals surface area contributed by atoms with Crippen LogP contribution in [0.5, 0.6) is 0 Å². The molecule has 3 nitrogen and oxygen atoms in total. The van der Waals surface area contributed by atoms with Gasteiger partial charge in [0.05, 0.1) is 4.47 Å². The molecule has 0 amide bonds. The third-order valence-corrected chi connectivity index (χ3v) is 1.77. The summed E-state index contributed by atoms with van der Waals surface area (Å²) in [6.07, 6.45) is 0. The Balaban J connectivity index is 3.05. The number of hydrogen-bond acceptors (Lipinski definition) is 2. The first kappa shape index (κ1) is 8.61. The van der Waals surface area contributed by atoms with Crippen molar-refractivity contribution in [3.8, 4) is 0 Å². The minimum absolute atomic E-state index is 0.0678. The number of nitrogens with one attached hydrogen (secondary N) is 1. The molecule has 1 unspecified atom stereocenters. The Hall–Kier alpha value is -0.490. The van der Waals surface area contributed by atoms with Crippen molar-refractivity contribution in [1.82, 2.24) is 0 Å². The van der Waals surface area contributed by atoms with E-state index < -0.39 is 11.0 Å². The van der Waals surface area contributed by atoms with E-state index in [1.807, 2.05) is 0 Å². The number of rotatable bonds is 1. The Kier molecular flexibility index (Phi) is 2.56. The minimum atomic E-state index is -1.06. The second-order valence-electron chi connectivity index (χ2n) is 1.93. The summed E-state index contributed by atoms with van der Waals surface area (Å²) in [4.78, 5) is 0. The molecule has 0 aliphatic rings. The molecule has 0 spiro atoms. The van der Waals surface area contributed by atoms with Crippen molar-refractivity contribution in [2.24, 2.45) is 0 Å². The van der Waals surface area contributed by atoms with E-state index in [0.717, 1.165) is 6.07 Å². The fraction of sp³-hybridized carbons (Fsp3) is 0. The fourth-order valence-corrected chi connectivity index (χ4v) is 1.01. The first-order valence-corrected chi connectivity index (χ1v) is 3.59. The van der Waals surface area contributed by atoms with Crippen LogP contribution < -0.4 is 5.23 Å². The summed E-state index contributed by atoms with van der Waals surface area (Å²) in [5.74, 6) is -0.463. The highest BCUT2D eigenvalue weighted by atomic mass is 79.9. The molecule has 1 atom stereocenters. The molecular formula is C6H5BrFNO2. The molecule has 0 fully saturated rings. The topological polar surface area (TPSA) is 47.7 Å². The normalized spacial score (nSPS) is 13.1. The molecule has 0 saturated heterocycles. The van der Waals surface area contributed by atoms with Gasteiger partial charge >= 0.3 is 0 Å². The van der Waals surface area contributed by atoms with Gasteiger partial charge in [-0.05, 0) is 22.0 Å². The minimum Gasteiger partial charge on any atom is -0.595 e. The predicted molar refractivity (Wildman–Crippen MR) is 39.9 cm³/mol. The smallest absolute Gasteiger partial charge is 0.165 e. The number of halogens is 2. The SMILES string of the molecule is [O-][NH+](O)c1ccc(F)c(Br)c1. The summed E-state index contributed by atoms with van der Waals surface area (Å²) in [5.41, 5.74) is 0.0678. The monoisotopic (exact) mass is 221 g/mol. The Morgan fingerprint density at radius 1 is 1.55 bits per heavy atom. The molecule has 0 aliphatic heterocycles. The second-order valence-corrected chi connectivity index (χ2v) is 2.79. The predicted octanol–water partition coefficient (Wildman–Crippen LogP) is 0.992. The lowest BCUT2D eigenvalue weighted by Gasteiger charge is -2.11. The van der Waals surface area contributed by atoms with Gasteiger partial charge in [-0.3, -0.25) is 0 Å². The van der Waals surface area contributed by atoms with Crippen LogP contribution in [0, 0.1) is 11.0 Å². The summed E-state index contributed by atoms with van der Waals surface area (Å²) < 4.78 is 12.7. The van der Waals surface area contributed by atoms with Crippen molar-refractivity contribution in [2.75, 3.05) is 0 Å². The van der Waals surface area contributed by atoms with Gasteiger partial charge in [0, 0.05) is 12.1 Å². The van der Waals surface area contributed by atoms with Crippen molar-refractivity contribution >= 4 is 21.6 Å². The standard InChI is InChI=1S/C6H5BrFNO2/c7-5-3-4(9(10)11)1-2-6(5)8/h1-3,9-10H. The number of benzene rings is 1. The molecule has 1 rings (SSSR count). The molecule has 0 radical (unpaired) electrons. The quantitative estimate of drug-likeness (QED) is 0.696. The van der Waals surface area contributed by atoms with Crippen LogP contribution in [0.2, 0.25) is 0 Å². The van der Waals surface area contributed by atoms with E-state index in [0.29, 0.717) is 0 Å². The van der Waals surface area contributed by atoms with Gasteiger partial charge in [-0.1, -0.05) is 0 Å². The average Bonchev–Trinajstić information content (AvgIpc) is 1.94. The van der Waals surface area contributed by atoms with Crippen molar-refractivity contribution < 1.29 is 14.8 Å². The maximum Gasteiger partial charge on any atom is 0.165 e. The van der Waals surface area contributed by atoms with Gasteiger partial charge in [-0.2, -0.15) is 5.23 Å². The summed E-state index contributed by atoms with van der Waals surface area (Å²) in [6.45, 7) is 0. The number of hydrogen-bond donors (Lipinski definition) is 2. The molecule has 1 aromatic rings. The molecule has 0 saturated carbocycles. The molecular weight excluding hydrogens is 217 g/mol. The van der Waals surface area contributed by atoms with E-state index in [4.69, 9.17) is 5.21 Å². The molecule has 0 aromatic heterocycles. The van der Waals surface area contributed by atoms with Crippen LogP contribution in [0.4, 0.5) is 10.1 Å². The van der Waals surface area contributed by atoms with Gasteiger partial charge in [0.25, 0.3) is 0 Å². The molecule has 1 aromatic carbocycles. The highest BCUT2D eigenvalue weighted by Crippen LogP contribution is 2.17. The molecule has 5 heteroatoms. The van der Waals surface area contributed by atoms with Crippen LogP contribution in [0.1, 0.15) is 0 Å². The summed E-state index contributed by atoms with van der Waals surface area (Å²) in [6, 6.07) is 3.54. The fourth-order valence-electron chi connectivity index (χ4n) is 0.629. The van der Waals surface area contributed by atoms with Crippen LogP contribution in [0.3, 0.4) is 0 Å². The summed E-state index contributed by atoms with van der Waals surface area (Å²) in [7, 11) is 0. The lowest BCUT2D eigenvalue weighted by atomic mass is 10.3. The van der Waals surface area contributed by atoms with Gasteiger partial charge in [0.1, 0.15) is 5.82 Å². The van der Waals surface area contributed by atoms with Gasteiger partial charge in [-0.15, -0.1) is 0 Å². The van der Waals surface area contributed by atoms with Crippen molar-refractivity contribution in [2.45, 2.75) is 0 Å². The van der Waals surface area contributed by atoms with Crippen LogP contribution >= 0.6 is 15.9 Å². The molecule has 0 heterocycles. The van der Waals surface area contributed by atoms with Crippen LogP contribution in [0.25, 0.3) is 0 Å². The second kappa shape index (κ2) is 3.27. The van der Waals surface area contributed by atoms with Gasteiger partial charge in [0.15, 0.2) is 5.69 Å². The molecule has 2 N–H and O–H groups in total. The lowest BCUT2D eigenvalue weighted by molar-refractivity contribution is -0.991. The van der Waals surface area contributed by atoms with Crippen molar-refractivity contribution in [3.05, 3.63) is 33.7 Å². The van der Waals surface area contributed by atoms with E-state index >= 15 is 0 Å². The largest absolute Gasteiger partial charge is 0.595 e. The van der Waals surface area contributed by atoms with Crippen molar-refractivity contribution in [1.29, 1.82) is 0 Å². The Bertz CT molecular complexity index is 267. The Morgan fingerprint density at radius 2 is 2.18 bits per heavy atom. The zero-order chi connectivity index (χ0) is 8.43. The number of quaternary nitrogens is 1.